The Morgan fingerprint density at radius 3 is 0.985 bits per heavy atom. The summed E-state index contributed by atoms with van der Waals surface area (Å²) < 4.78 is 17.1. The third kappa shape index (κ3) is 11.8. The van der Waals surface area contributed by atoms with Crippen LogP contribution in [0.25, 0.3) is 22.3 Å². The summed E-state index contributed by atoms with van der Waals surface area (Å²) >= 11 is -2.25. The van der Waals surface area contributed by atoms with E-state index in [4.69, 9.17) is 16.8 Å². The number of rotatable bonds is 14. The van der Waals surface area contributed by atoms with E-state index in [1.807, 2.05) is 48.5 Å². The van der Waals surface area contributed by atoms with E-state index in [1.165, 1.54) is 0 Å². The van der Waals surface area contributed by atoms with Crippen LogP contribution in [-0.4, -0.2) is 35.7 Å². The van der Waals surface area contributed by atoms with Gasteiger partial charge in [-0.25, -0.2) is 0 Å². The van der Waals surface area contributed by atoms with Crippen LogP contribution in [0, 0.1) is 33.1 Å². The Balaban J connectivity index is 0.00000222. The SMILES string of the molecule is Cc1cc(N(c2ccccc2)c2ccccc2)cc(C)c1-c1ccc(C=NCC(C)(C)CN=Cc2ccc(-c3c(C)cc(N(c4ccccc4)c4ccccc4)cc3C)cc2O)c(O)c1.[O]=[W]=[O]. The van der Waals surface area contributed by atoms with Gasteiger partial charge >= 0.3 is 25.3 Å². The summed E-state index contributed by atoms with van der Waals surface area (Å²) in [5.41, 5.74) is 16.2. The Hall–Kier alpha value is -7.41. The van der Waals surface area contributed by atoms with Crippen LogP contribution in [0.15, 0.2) is 192 Å². The molecule has 8 aromatic rings. The van der Waals surface area contributed by atoms with Crippen LogP contribution in [0.1, 0.15) is 47.2 Å². The number of benzene rings is 8. The first-order valence-electron chi connectivity index (χ1n) is 22.5. The number of hydrogen-bond acceptors (Lipinski definition) is 8. The Morgan fingerprint density at radius 1 is 0.441 bits per heavy atom. The third-order valence-corrected chi connectivity index (χ3v) is 11.7. The molecule has 0 heterocycles. The molecular weight excluding hydrogens is 1010 g/mol. The molecule has 0 spiro atoms. The first-order valence-corrected chi connectivity index (χ1v) is 24.9. The molecule has 0 saturated carbocycles. The number of phenolic OH excluding ortho intramolecular Hbond substituents is 2. The van der Waals surface area contributed by atoms with Gasteiger partial charge in [-0.1, -0.05) is 98.8 Å². The van der Waals surface area contributed by atoms with E-state index < -0.39 is 18.5 Å². The molecule has 0 aliphatic heterocycles. The summed E-state index contributed by atoms with van der Waals surface area (Å²) in [6, 6.07) is 62.1. The van der Waals surface area contributed by atoms with Crippen molar-refractivity contribution in [2.45, 2.75) is 41.5 Å². The molecule has 0 saturated heterocycles. The van der Waals surface area contributed by atoms with Gasteiger partial charge in [0.15, 0.2) is 0 Å². The van der Waals surface area contributed by atoms with Gasteiger partial charge in [0, 0.05) is 76.2 Å². The van der Waals surface area contributed by atoms with Crippen LogP contribution in [0.5, 0.6) is 11.5 Å². The maximum atomic E-state index is 11.2. The van der Waals surface area contributed by atoms with E-state index in [-0.39, 0.29) is 16.9 Å². The number of aromatic hydroxyl groups is 2. The molecule has 0 fully saturated rings. The first-order chi connectivity index (χ1) is 32.9. The number of phenols is 2. The molecule has 8 nitrogen and oxygen atoms in total. The molecule has 8 aromatic carbocycles. The van der Waals surface area contributed by atoms with Crippen molar-refractivity contribution in [3.05, 3.63) is 215 Å². The number of hydrogen-bond donors (Lipinski definition) is 2. The summed E-state index contributed by atoms with van der Waals surface area (Å²) in [4.78, 5) is 14.0. The molecule has 342 valence electrons. The molecule has 68 heavy (non-hydrogen) atoms. The number of para-hydroxylation sites is 4. The summed E-state index contributed by atoms with van der Waals surface area (Å²) in [6.45, 7) is 13.8. The number of nitrogens with zero attached hydrogens (tertiary/aromatic N) is 4. The van der Waals surface area contributed by atoms with Crippen molar-refractivity contribution in [3.63, 3.8) is 0 Å². The molecule has 0 radical (unpaired) electrons. The van der Waals surface area contributed by atoms with E-state index >= 15 is 0 Å². The van der Waals surface area contributed by atoms with Gasteiger partial charge in [0.2, 0.25) is 0 Å². The average Bonchev–Trinajstić information content (AvgIpc) is 3.32. The van der Waals surface area contributed by atoms with Crippen molar-refractivity contribution in [2.24, 2.45) is 15.4 Å². The molecule has 0 unspecified atom stereocenters. The van der Waals surface area contributed by atoms with Crippen LogP contribution in [-0.2, 0) is 25.3 Å². The van der Waals surface area contributed by atoms with Gasteiger partial charge in [0.25, 0.3) is 0 Å². The molecule has 8 rings (SSSR count). The fourth-order valence-corrected chi connectivity index (χ4v) is 8.70. The molecular formula is C59H56N4O4W. The fourth-order valence-electron chi connectivity index (χ4n) is 8.70. The van der Waals surface area contributed by atoms with Crippen molar-refractivity contribution in [1.82, 2.24) is 0 Å². The molecule has 0 atom stereocenters. The molecule has 0 amide bonds. The summed E-state index contributed by atoms with van der Waals surface area (Å²) in [6.07, 6.45) is 3.49. The second kappa shape index (κ2) is 22.4. The van der Waals surface area contributed by atoms with Gasteiger partial charge in [0.05, 0.1) is 0 Å². The molecule has 0 bridgehead atoms. The van der Waals surface area contributed by atoms with Crippen molar-refractivity contribution in [3.8, 4) is 33.8 Å². The predicted octanol–water partition coefficient (Wildman–Crippen LogP) is 14.9. The summed E-state index contributed by atoms with van der Waals surface area (Å²) in [5, 5.41) is 22.4. The summed E-state index contributed by atoms with van der Waals surface area (Å²) in [5.74, 6) is 0.364. The van der Waals surface area contributed by atoms with Crippen molar-refractivity contribution >= 4 is 46.6 Å². The van der Waals surface area contributed by atoms with E-state index in [0.717, 1.165) is 78.6 Å². The second-order valence-corrected chi connectivity index (χ2v) is 18.1. The van der Waals surface area contributed by atoms with Gasteiger partial charge in [-0.05, 0) is 169 Å². The minimum absolute atomic E-state index is 0.182. The third-order valence-electron chi connectivity index (χ3n) is 11.7. The van der Waals surface area contributed by atoms with Gasteiger partial charge in [-0.3, -0.25) is 9.98 Å². The topological polar surface area (TPSA) is 106 Å². The fraction of sp³-hybridized carbons (Fsp3) is 0.153. The van der Waals surface area contributed by atoms with E-state index in [1.54, 1.807) is 12.4 Å². The average molecular weight is 1070 g/mol. The van der Waals surface area contributed by atoms with Crippen molar-refractivity contribution in [1.29, 1.82) is 0 Å². The first kappa shape index (κ1) is 48.5. The van der Waals surface area contributed by atoms with Crippen LogP contribution >= 0.6 is 0 Å². The molecule has 2 N–H and O–H groups in total. The number of aryl methyl sites for hydroxylation is 4. The predicted molar refractivity (Wildman–Crippen MR) is 275 cm³/mol. The van der Waals surface area contributed by atoms with E-state index in [9.17, 15) is 10.2 Å². The van der Waals surface area contributed by atoms with E-state index in [2.05, 4.69) is 185 Å². The Labute approximate surface area is 408 Å². The standard InChI is InChI=1S/C59H56N4O2.2O.W/c1-41-31-53(62(49-19-11-7-12-20-49)50-21-13-8-14-22-50)32-42(2)57(41)45-27-29-47(55(64)35-45)37-60-39-59(5,6)40-61-38-48-30-28-46(36-56(48)65)58-43(3)33-54(34-44(58)4)63(51-23-15-9-16-24-51)52-25-17-10-18-26-52;;;/h7-38,64-65H,39-40H2,1-6H3;;;. The number of anilines is 6. The van der Waals surface area contributed by atoms with Crippen LogP contribution in [0.2, 0.25) is 0 Å². The maximum absolute atomic E-state index is 11.2. The van der Waals surface area contributed by atoms with Crippen LogP contribution < -0.4 is 9.80 Å². The molecule has 9 heteroatoms. The molecule has 0 aliphatic carbocycles. The van der Waals surface area contributed by atoms with Crippen LogP contribution in [0.3, 0.4) is 0 Å². The van der Waals surface area contributed by atoms with Crippen molar-refractivity contribution < 1.29 is 35.5 Å². The zero-order valence-corrected chi connectivity index (χ0v) is 42.2. The van der Waals surface area contributed by atoms with Gasteiger partial charge in [-0.2, -0.15) is 0 Å². The molecule has 0 aliphatic rings. The van der Waals surface area contributed by atoms with Gasteiger partial charge in [-0.15, -0.1) is 0 Å². The quantitative estimate of drug-likeness (QED) is 0.105. The van der Waals surface area contributed by atoms with Crippen molar-refractivity contribution in [2.75, 3.05) is 22.9 Å². The minimum atomic E-state index is -2.25. The summed E-state index contributed by atoms with van der Waals surface area (Å²) in [7, 11) is 0. The zero-order chi connectivity index (χ0) is 48.2. The second-order valence-electron chi connectivity index (χ2n) is 17.6. The zero-order valence-electron chi connectivity index (χ0n) is 39.3. The van der Waals surface area contributed by atoms with Gasteiger partial charge < -0.3 is 20.0 Å². The Kier molecular flexibility index (Phi) is 16.0. The van der Waals surface area contributed by atoms with Gasteiger partial charge in [0.1, 0.15) is 11.5 Å². The number of aliphatic imine (C=N–C) groups is 2. The van der Waals surface area contributed by atoms with Crippen LogP contribution in [0.4, 0.5) is 34.1 Å². The van der Waals surface area contributed by atoms with E-state index in [0.29, 0.717) is 24.2 Å². The Morgan fingerprint density at radius 2 is 0.721 bits per heavy atom. The molecule has 0 aromatic heterocycles. The monoisotopic (exact) mass is 1070 g/mol. The normalized spacial score (nSPS) is 11.3. The Bertz CT molecular complexity index is 2750.